The number of nitrogens with one attached hydrogen (secondary N) is 2. The smallest absolute Gasteiger partial charge is 0.171 e. The molecule has 0 atom stereocenters. The Hall–Kier alpha value is -1.55. The summed E-state index contributed by atoms with van der Waals surface area (Å²) in [5.74, 6) is 0. The highest BCUT2D eigenvalue weighted by atomic mass is 32.1. The first-order valence-electron chi connectivity index (χ1n) is 7.19. The Kier molecular flexibility index (Phi) is 5.41. The Morgan fingerprint density at radius 1 is 1.20 bits per heavy atom. The maximum Gasteiger partial charge on any atom is 0.171 e. The van der Waals surface area contributed by atoms with Gasteiger partial charge < -0.3 is 15.5 Å². The Morgan fingerprint density at radius 2 is 1.85 bits per heavy atom. The summed E-state index contributed by atoms with van der Waals surface area (Å²) >= 11 is 5.24. The van der Waals surface area contributed by atoms with Crippen LogP contribution in [0.15, 0.2) is 36.4 Å². The van der Waals surface area contributed by atoms with Crippen molar-refractivity contribution in [2.24, 2.45) is 0 Å². The number of hydrogen-bond acceptors (Lipinski definition) is 2. The third-order valence-electron chi connectivity index (χ3n) is 3.40. The van der Waals surface area contributed by atoms with Crippen LogP contribution >= 0.6 is 12.2 Å². The molecule has 0 amide bonds. The summed E-state index contributed by atoms with van der Waals surface area (Å²) < 4.78 is 0. The molecule has 1 saturated heterocycles. The monoisotopic (exact) mass is 289 g/mol. The van der Waals surface area contributed by atoms with Gasteiger partial charge in [-0.05, 0) is 62.7 Å². The van der Waals surface area contributed by atoms with Crippen molar-refractivity contribution < 1.29 is 0 Å². The lowest BCUT2D eigenvalue weighted by molar-refractivity contribution is 0.578. The number of anilines is 2. The van der Waals surface area contributed by atoms with E-state index in [-0.39, 0.29) is 0 Å². The minimum absolute atomic E-state index is 0.638. The first kappa shape index (κ1) is 14.9. The molecule has 1 aromatic rings. The van der Waals surface area contributed by atoms with Gasteiger partial charge in [0, 0.05) is 31.0 Å². The molecule has 1 aliphatic rings. The maximum absolute atomic E-state index is 5.24. The number of nitrogens with zero attached hydrogens (tertiary/aromatic N) is 1. The quantitative estimate of drug-likeness (QED) is 0.655. The molecule has 1 heterocycles. The SMILES string of the molecule is C=C(C)CNC(=S)Nc1ccc(N2CCCCC2)cc1. The molecule has 2 rings (SSSR count). The zero-order valence-electron chi connectivity index (χ0n) is 12.1. The van der Waals surface area contributed by atoms with Crippen LogP contribution in [0, 0.1) is 0 Å². The van der Waals surface area contributed by atoms with Crippen LogP contribution < -0.4 is 15.5 Å². The molecule has 0 radical (unpaired) electrons. The van der Waals surface area contributed by atoms with Gasteiger partial charge in [0.1, 0.15) is 0 Å². The average molecular weight is 289 g/mol. The molecule has 4 heteroatoms. The van der Waals surface area contributed by atoms with E-state index in [2.05, 4.69) is 46.4 Å². The highest BCUT2D eigenvalue weighted by Crippen LogP contribution is 2.21. The standard InChI is InChI=1S/C16H23N3S/c1-13(2)12-17-16(20)18-14-6-8-15(9-7-14)19-10-4-3-5-11-19/h6-9H,1,3-5,10-12H2,2H3,(H2,17,18,20). The Morgan fingerprint density at radius 3 is 2.45 bits per heavy atom. The molecule has 0 aliphatic carbocycles. The molecule has 1 fully saturated rings. The van der Waals surface area contributed by atoms with Crippen LogP contribution in [-0.4, -0.2) is 24.7 Å². The Labute approximate surface area is 127 Å². The zero-order valence-corrected chi connectivity index (χ0v) is 12.9. The highest BCUT2D eigenvalue weighted by Gasteiger charge is 2.10. The third kappa shape index (κ3) is 4.53. The lowest BCUT2D eigenvalue weighted by atomic mass is 10.1. The molecule has 0 spiro atoms. The van der Waals surface area contributed by atoms with Crippen molar-refractivity contribution in [1.29, 1.82) is 0 Å². The van der Waals surface area contributed by atoms with E-state index in [4.69, 9.17) is 12.2 Å². The van der Waals surface area contributed by atoms with Crippen molar-refractivity contribution in [2.45, 2.75) is 26.2 Å². The Balaban J connectivity index is 1.87. The van der Waals surface area contributed by atoms with Crippen LogP contribution in [0.2, 0.25) is 0 Å². The molecular weight excluding hydrogens is 266 g/mol. The van der Waals surface area contributed by atoms with Gasteiger partial charge in [-0.25, -0.2) is 0 Å². The van der Waals surface area contributed by atoms with Gasteiger partial charge in [0.2, 0.25) is 0 Å². The van der Waals surface area contributed by atoms with Gasteiger partial charge in [0.25, 0.3) is 0 Å². The fraction of sp³-hybridized carbons (Fsp3) is 0.438. The van der Waals surface area contributed by atoms with Crippen molar-refractivity contribution in [3.05, 3.63) is 36.4 Å². The highest BCUT2D eigenvalue weighted by molar-refractivity contribution is 7.80. The minimum Gasteiger partial charge on any atom is -0.372 e. The van der Waals surface area contributed by atoms with E-state index in [1.165, 1.54) is 38.0 Å². The van der Waals surface area contributed by atoms with Crippen LogP contribution in [0.1, 0.15) is 26.2 Å². The summed E-state index contributed by atoms with van der Waals surface area (Å²) in [4.78, 5) is 2.45. The molecule has 108 valence electrons. The summed E-state index contributed by atoms with van der Waals surface area (Å²) in [5, 5.41) is 6.94. The molecule has 0 aromatic heterocycles. The van der Waals surface area contributed by atoms with Crippen molar-refractivity contribution in [2.75, 3.05) is 29.9 Å². The van der Waals surface area contributed by atoms with Crippen molar-refractivity contribution in [3.63, 3.8) is 0 Å². The summed E-state index contributed by atoms with van der Waals surface area (Å²) in [6.45, 7) is 8.87. The molecule has 1 aliphatic heterocycles. The first-order valence-corrected chi connectivity index (χ1v) is 7.60. The predicted octanol–water partition coefficient (Wildman–Crippen LogP) is 3.54. The summed E-state index contributed by atoms with van der Waals surface area (Å²) in [7, 11) is 0. The summed E-state index contributed by atoms with van der Waals surface area (Å²) in [5.41, 5.74) is 3.38. The topological polar surface area (TPSA) is 27.3 Å². The fourth-order valence-electron chi connectivity index (χ4n) is 2.31. The number of rotatable bonds is 4. The maximum atomic E-state index is 5.24. The summed E-state index contributed by atoms with van der Waals surface area (Å²) in [6, 6.07) is 8.49. The van der Waals surface area contributed by atoms with E-state index < -0.39 is 0 Å². The molecule has 1 aromatic carbocycles. The van der Waals surface area contributed by atoms with Crippen LogP contribution in [0.5, 0.6) is 0 Å². The van der Waals surface area contributed by atoms with Crippen LogP contribution in [-0.2, 0) is 0 Å². The van der Waals surface area contributed by atoms with Gasteiger partial charge in [-0.3, -0.25) is 0 Å². The molecular formula is C16H23N3S. The third-order valence-corrected chi connectivity index (χ3v) is 3.64. The van der Waals surface area contributed by atoms with Crippen LogP contribution in [0.4, 0.5) is 11.4 Å². The van der Waals surface area contributed by atoms with Gasteiger partial charge in [0.05, 0.1) is 0 Å². The number of benzene rings is 1. The molecule has 20 heavy (non-hydrogen) atoms. The van der Waals surface area contributed by atoms with Crippen LogP contribution in [0.25, 0.3) is 0 Å². The van der Waals surface area contributed by atoms with Gasteiger partial charge >= 0.3 is 0 Å². The average Bonchev–Trinajstić information content (AvgIpc) is 2.47. The first-order chi connectivity index (χ1) is 9.65. The minimum atomic E-state index is 0.638. The van der Waals surface area contributed by atoms with E-state index in [1.54, 1.807) is 0 Å². The second kappa shape index (κ2) is 7.29. The van der Waals surface area contributed by atoms with E-state index in [9.17, 15) is 0 Å². The molecule has 2 N–H and O–H groups in total. The van der Waals surface area contributed by atoms with E-state index in [1.807, 2.05) is 6.92 Å². The predicted molar refractivity (Wildman–Crippen MR) is 91.5 cm³/mol. The Bertz CT molecular complexity index is 461. The van der Waals surface area contributed by atoms with Gasteiger partial charge in [0.15, 0.2) is 5.11 Å². The van der Waals surface area contributed by atoms with E-state index >= 15 is 0 Å². The van der Waals surface area contributed by atoms with E-state index in [0.29, 0.717) is 11.7 Å². The number of piperidine rings is 1. The second-order valence-electron chi connectivity index (χ2n) is 5.36. The van der Waals surface area contributed by atoms with Crippen molar-refractivity contribution >= 4 is 28.7 Å². The molecule has 0 bridgehead atoms. The number of hydrogen-bond donors (Lipinski definition) is 2. The lowest BCUT2D eigenvalue weighted by Crippen LogP contribution is -2.30. The fourth-order valence-corrected chi connectivity index (χ4v) is 2.50. The van der Waals surface area contributed by atoms with Gasteiger partial charge in [-0.2, -0.15) is 0 Å². The van der Waals surface area contributed by atoms with Crippen molar-refractivity contribution in [3.8, 4) is 0 Å². The van der Waals surface area contributed by atoms with Crippen molar-refractivity contribution in [1.82, 2.24) is 5.32 Å². The normalized spacial score (nSPS) is 14.8. The summed E-state index contributed by atoms with van der Waals surface area (Å²) in [6.07, 6.45) is 3.96. The lowest BCUT2D eigenvalue weighted by Gasteiger charge is -2.28. The van der Waals surface area contributed by atoms with Crippen LogP contribution in [0.3, 0.4) is 0 Å². The van der Waals surface area contributed by atoms with Gasteiger partial charge in [-0.1, -0.05) is 12.2 Å². The molecule has 0 unspecified atom stereocenters. The van der Waals surface area contributed by atoms with E-state index in [0.717, 1.165) is 11.3 Å². The van der Waals surface area contributed by atoms with Gasteiger partial charge in [-0.15, -0.1) is 0 Å². The number of thiocarbonyl (C=S) groups is 1. The largest absolute Gasteiger partial charge is 0.372 e. The second-order valence-corrected chi connectivity index (χ2v) is 5.77. The molecule has 3 nitrogen and oxygen atoms in total. The molecule has 0 saturated carbocycles. The zero-order chi connectivity index (χ0) is 14.4.